The molecule has 1 heterocycles. The van der Waals surface area contributed by atoms with E-state index in [1.807, 2.05) is 6.07 Å². The minimum Gasteiger partial charge on any atom is -0.457 e. The standard InChI is InChI=1S/C13H10N2O3/c1-2-7-17-13(16)9(8-14)12-15-10-5-3-4-6-11(10)18-12/h2-6,15H,1,7H2/b12-9+. The fourth-order valence-electron chi connectivity index (χ4n) is 1.43. The molecule has 1 aromatic rings. The number of hydrogen-bond donors (Lipinski definition) is 1. The minimum atomic E-state index is -0.743. The van der Waals surface area contributed by atoms with Crippen LogP contribution in [0.4, 0.5) is 5.69 Å². The molecule has 2 rings (SSSR count). The second-order valence-corrected chi connectivity index (χ2v) is 3.43. The first-order valence-electron chi connectivity index (χ1n) is 5.22. The second kappa shape index (κ2) is 5.06. The van der Waals surface area contributed by atoms with Crippen LogP contribution in [0.15, 0.2) is 48.4 Å². The molecule has 0 aromatic heterocycles. The highest BCUT2D eigenvalue weighted by Gasteiger charge is 2.24. The highest BCUT2D eigenvalue weighted by molar-refractivity contribution is 5.94. The van der Waals surface area contributed by atoms with Crippen LogP contribution in [-0.4, -0.2) is 12.6 Å². The Labute approximate surface area is 104 Å². The maximum absolute atomic E-state index is 11.6. The number of benzene rings is 1. The Hall–Kier alpha value is -2.74. The van der Waals surface area contributed by atoms with Crippen molar-refractivity contribution >= 4 is 11.7 Å². The third-order valence-electron chi connectivity index (χ3n) is 2.22. The van der Waals surface area contributed by atoms with Crippen molar-refractivity contribution in [3.8, 4) is 11.8 Å². The van der Waals surface area contributed by atoms with Gasteiger partial charge in [-0.1, -0.05) is 24.8 Å². The summed E-state index contributed by atoms with van der Waals surface area (Å²) in [7, 11) is 0. The molecule has 1 aromatic carbocycles. The van der Waals surface area contributed by atoms with Crippen molar-refractivity contribution < 1.29 is 14.3 Å². The molecule has 0 aliphatic carbocycles. The van der Waals surface area contributed by atoms with Crippen molar-refractivity contribution in [1.82, 2.24) is 0 Å². The number of rotatable bonds is 3. The number of carbonyl (C=O) groups is 1. The lowest BCUT2D eigenvalue weighted by molar-refractivity contribution is -0.137. The maximum atomic E-state index is 11.6. The lowest BCUT2D eigenvalue weighted by atomic mass is 10.3. The van der Waals surface area contributed by atoms with Gasteiger partial charge in [0.15, 0.2) is 11.3 Å². The lowest BCUT2D eigenvalue weighted by Gasteiger charge is -2.03. The van der Waals surface area contributed by atoms with Gasteiger partial charge in [-0.25, -0.2) is 4.79 Å². The zero-order chi connectivity index (χ0) is 13.0. The zero-order valence-corrected chi connectivity index (χ0v) is 9.47. The molecular weight excluding hydrogens is 232 g/mol. The first kappa shape index (κ1) is 11.7. The third kappa shape index (κ3) is 2.18. The van der Waals surface area contributed by atoms with Gasteiger partial charge in [0.1, 0.15) is 12.7 Å². The SMILES string of the molecule is C=CCOC(=O)/C(C#N)=C1\Nc2ccccc2O1. The van der Waals surface area contributed by atoms with Crippen LogP contribution in [0.2, 0.25) is 0 Å². The van der Waals surface area contributed by atoms with E-state index >= 15 is 0 Å². The average Bonchev–Trinajstić information content (AvgIpc) is 2.80. The van der Waals surface area contributed by atoms with E-state index in [-0.39, 0.29) is 18.1 Å². The van der Waals surface area contributed by atoms with E-state index in [0.29, 0.717) is 11.4 Å². The Morgan fingerprint density at radius 1 is 1.56 bits per heavy atom. The van der Waals surface area contributed by atoms with Gasteiger partial charge >= 0.3 is 5.97 Å². The van der Waals surface area contributed by atoms with Crippen molar-refractivity contribution in [3.05, 3.63) is 48.4 Å². The predicted octanol–water partition coefficient (Wildman–Crippen LogP) is 1.96. The van der Waals surface area contributed by atoms with Crippen molar-refractivity contribution in [1.29, 1.82) is 5.26 Å². The van der Waals surface area contributed by atoms with Crippen LogP contribution in [0.5, 0.6) is 5.75 Å². The second-order valence-electron chi connectivity index (χ2n) is 3.43. The molecule has 1 N–H and O–H groups in total. The predicted molar refractivity (Wildman–Crippen MR) is 64.5 cm³/mol. The Kier molecular flexibility index (Phi) is 3.30. The van der Waals surface area contributed by atoms with Crippen molar-refractivity contribution in [2.24, 2.45) is 0 Å². The summed E-state index contributed by atoms with van der Waals surface area (Å²) in [5, 5.41) is 11.8. The van der Waals surface area contributed by atoms with Crippen LogP contribution in [0.1, 0.15) is 0 Å². The molecule has 1 aliphatic rings. The largest absolute Gasteiger partial charge is 0.457 e. The molecule has 0 saturated carbocycles. The first-order valence-corrected chi connectivity index (χ1v) is 5.22. The van der Waals surface area contributed by atoms with Crippen molar-refractivity contribution in [2.45, 2.75) is 0 Å². The van der Waals surface area contributed by atoms with Gasteiger partial charge in [0.25, 0.3) is 0 Å². The van der Waals surface area contributed by atoms with E-state index in [9.17, 15) is 4.79 Å². The number of anilines is 1. The smallest absolute Gasteiger partial charge is 0.354 e. The fourth-order valence-corrected chi connectivity index (χ4v) is 1.43. The summed E-state index contributed by atoms with van der Waals surface area (Å²) in [6.07, 6.45) is 1.43. The Balaban J connectivity index is 2.24. The molecule has 0 fully saturated rings. The summed E-state index contributed by atoms with van der Waals surface area (Å²) < 4.78 is 10.2. The van der Waals surface area contributed by atoms with E-state index < -0.39 is 5.97 Å². The van der Waals surface area contributed by atoms with Crippen molar-refractivity contribution in [2.75, 3.05) is 11.9 Å². The molecule has 0 atom stereocenters. The molecule has 18 heavy (non-hydrogen) atoms. The third-order valence-corrected chi connectivity index (χ3v) is 2.22. The summed E-state index contributed by atoms with van der Waals surface area (Å²) in [5.41, 5.74) is 0.504. The number of esters is 1. The number of ether oxygens (including phenoxy) is 2. The summed E-state index contributed by atoms with van der Waals surface area (Å²) in [6.45, 7) is 3.47. The molecule has 0 bridgehead atoms. The van der Waals surface area contributed by atoms with Gasteiger partial charge < -0.3 is 14.8 Å². The highest BCUT2D eigenvalue weighted by atomic mass is 16.5. The van der Waals surface area contributed by atoms with Gasteiger partial charge in [0.05, 0.1) is 5.69 Å². The van der Waals surface area contributed by atoms with Crippen LogP contribution < -0.4 is 10.1 Å². The molecule has 0 radical (unpaired) electrons. The molecule has 0 saturated heterocycles. The number of nitrogens with zero attached hydrogens (tertiary/aromatic N) is 1. The monoisotopic (exact) mass is 242 g/mol. The van der Waals surface area contributed by atoms with E-state index in [1.165, 1.54) is 6.08 Å². The number of hydrogen-bond acceptors (Lipinski definition) is 5. The summed E-state index contributed by atoms with van der Waals surface area (Å²) in [5.74, 6) is -0.0859. The number of carbonyl (C=O) groups excluding carboxylic acids is 1. The van der Waals surface area contributed by atoms with Crippen molar-refractivity contribution in [3.63, 3.8) is 0 Å². The number of para-hydroxylation sites is 2. The minimum absolute atomic E-state index is 0.0459. The van der Waals surface area contributed by atoms with Crippen LogP contribution >= 0.6 is 0 Å². The van der Waals surface area contributed by atoms with E-state index in [4.69, 9.17) is 14.7 Å². The van der Waals surface area contributed by atoms with Crippen LogP contribution in [0.25, 0.3) is 0 Å². The molecular formula is C13H10N2O3. The summed E-state index contributed by atoms with van der Waals surface area (Å²) >= 11 is 0. The first-order chi connectivity index (χ1) is 8.76. The van der Waals surface area contributed by atoms with E-state index in [1.54, 1.807) is 24.3 Å². The van der Waals surface area contributed by atoms with Gasteiger partial charge in [-0.2, -0.15) is 5.26 Å². The Bertz CT molecular complexity index is 543. The fraction of sp³-hybridized carbons (Fsp3) is 0.0769. The highest BCUT2D eigenvalue weighted by Crippen LogP contribution is 2.33. The number of nitrogens with one attached hydrogen (secondary N) is 1. The van der Waals surface area contributed by atoms with E-state index in [0.717, 1.165) is 0 Å². The van der Waals surface area contributed by atoms with Crippen LogP contribution in [0.3, 0.4) is 0 Å². The molecule has 0 unspecified atom stereocenters. The maximum Gasteiger partial charge on any atom is 0.354 e. The molecule has 0 amide bonds. The lowest BCUT2D eigenvalue weighted by Crippen LogP contribution is -2.13. The van der Waals surface area contributed by atoms with Gasteiger partial charge in [-0.3, -0.25) is 0 Å². The van der Waals surface area contributed by atoms with Gasteiger partial charge in [-0.05, 0) is 12.1 Å². The van der Waals surface area contributed by atoms with E-state index in [2.05, 4.69) is 11.9 Å². The molecule has 5 heteroatoms. The van der Waals surface area contributed by atoms with Gasteiger partial charge in [-0.15, -0.1) is 0 Å². The Morgan fingerprint density at radius 3 is 3.00 bits per heavy atom. The zero-order valence-electron chi connectivity index (χ0n) is 9.47. The Morgan fingerprint density at radius 2 is 2.33 bits per heavy atom. The number of nitriles is 1. The quantitative estimate of drug-likeness (QED) is 0.379. The van der Waals surface area contributed by atoms with Gasteiger partial charge in [0, 0.05) is 0 Å². The summed E-state index contributed by atoms with van der Waals surface area (Å²) in [4.78, 5) is 11.6. The topological polar surface area (TPSA) is 71.4 Å². The average molecular weight is 242 g/mol. The van der Waals surface area contributed by atoms with Gasteiger partial charge in [0.2, 0.25) is 5.88 Å². The normalized spacial score (nSPS) is 14.6. The molecule has 5 nitrogen and oxygen atoms in total. The van der Waals surface area contributed by atoms with Crippen LogP contribution in [0, 0.1) is 11.3 Å². The molecule has 0 spiro atoms. The summed E-state index contributed by atoms with van der Waals surface area (Å²) in [6, 6.07) is 8.91. The molecule has 90 valence electrons. The molecule has 1 aliphatic heterocycles. The number of fused-ring (bicyclic) bond motifs is 1. The van der Waals surface area contributed by atoms with Crippen LogP contribution in [-0.2, 0) is 9.53 Å².